The van der Waals surface area contributed by atoms with Crippen LogP contribution in [0.1, 0.15) is 24.5 Å². The monoisotopic (exact) mass is 314 g/mol. The molecular weight excluding hydrogens is 292 g/mol. The van der Waals surface area contributed by atoms with Crippen molar-refractivity contribution in [3.63, 3.8) is 0 Å². The summed E-state index contributed by atoms with van der Waals surface area (Å²) < 4.78 is 5.52. The van der Waals surface area contributed by atoms with Gasteiger partial charge in [-0.1, -0.05) is 30.3 Å². The van der Waals surface area contributed by atoms with Crippen molar-refractivity contribution in [3.05, 3.63) is 59.9 Å². The maximum absolute atomic E-state index is 12.3. The number of likely N-dealkylation sites (tertiary alicyclic amines) is 1. The highest BCUT2D eigenvalue weighted by atomic mass is 16.6. The van der Waals surface area contributed by atoms with Crippen LogP contribution in [0.15, 0.2) is 48.8 Å². The Labute approximate surface area is 135 Å². The highest BCUT2D eigenvalue weighted by molar-refractivity contribution is 5.80. The first-order valence-electron chi connectivity index (χ1n) is 7.89. The molecule has 2 unspecified atom stereocenters. The average Bonchev–Trinajstić information content (AvgIpc) is 3.20. The first-order valence-corrected chi connectivity index (χ1v) is 7.89. The number of ether oxygens (including phenoxy) is 1. The van der Waals surface area contributed by atoms with Crippen LogP contribution in [0.3, 0.4) is 0 Å². The van der Waals surface area contributed by atoms with Crippen LogP contribution in [0.5, 0.6) is 0 Å². The van der Waals surface area contributed by atoms with E-state index in [1.165, 1.54) is 12.5 Å². The Balaban J connectivity index is 1.54. The summed E-state index contributed by atoms with van der Waals surface area (Å²) in [7, 11) is 0. The van der Waals surface area contributed by atoms with Gasteiger partial charge in [-0.25, -0.2) is 4.79 Å². The lowest BCUT2D eigenvalue weighted by Gasteiger charge is -2.23. The molecule has 3 rings (SSSR count). The quantitative estimate of drug-likeness (QED) is 0.829. The molecule has 0 bridgehead atoms. The maximum Gasteiger partial charge on any atom is 0.342 e. The van der Waals surface area contributed by atoms with Gasteiger partial charge in [0.25, 0.3) is 0 Å². The number of aliphatic hydroxyl groups is 1. The van der Waals surface area contributed by atoms with Gasteiger partial charge in [0.2, 0.25) is 0 Å². The van der Waals surface area contributed by atoms with Crippen molar-refractivity contribution < 1.29 is 14.6 Å². The van der Waals surface area contributed by atoms with Crippen molar-refractivity contribution in [3.8, 4) is 0 Å². The largest absolute Gasteiger partial charge is 0.459 e. The summed E-state index contributed by atoms with van der Waals surface area (Å²) in [5.74, 6) is -0.594. The SMILES string of the molecule is CC(O)(C(=O)OC1CCN(Cc2ccccc2)C1)c1cc[nH]c1. The van der Waals surface area contributed by atoms with E-state index in [-0.39, 0.29) is 6.10 Å². The summed E-state index contributed by atoms with van der Waals surface area (Å²) in [6, 6.07) is 11.9. The Morgan fingerprint density at radius 1 is 1.39 bits per heavy atom. The highest BCUT2D eigenvalue weighted by Crippen LogP contribution is 2.24. The Bertz CT molecular complexity index is 638. The second-order valence-electron chi connectivity index (χ2n) is 6.21. The van der Waals surface area contributed by atoms with Gasteiger partial charge in [0, 0.05) is 37.6 Å². The molecule has 2 atom stereocenters. The number of carbonyl (C=O) groups is 1. The van der Waals surface area contributed by atoms with Gasteiger partial charge in [0.15, 0.2) is 5.60 Å². The van der Waals surface area contributed by atoms with Crippen LogP contribution >= 0.6 is 0 Å². The van der Waals surface area contributed by atoms with E-state index in [2.05, 4.69) is 22.0 Å². The molecule has 23 heavy (non-hydrogen) atoms. The molecule has 0 saturated carbocycles. The van der Waals surface area contributed by atoms with E-state index in [0.717, 1.165) is 19.5 Å². The van der Waals surface area contributed by atoms with Gasteiger partial charge < -0.3 is 14.8 Å². The molecule has 0 radical (unpaired) electrons. The number of nitrogens with one attached hydrogen (secondary N) is 1. The molecular formula is C18H22N2O3. The Morgan fingerprint density at radius 3 is 2.87 bits per heavy atom. The van der Waals surface area contributed by atoms with Gasteiger partial charge >= 0.3 is 5.97 Å². The number of H-pyrrole nitrogens is 1. The molecule has 2 heterocycles. The molecule has 1 aromatic heterocycles. The molecule has 0 spiro atoms. The summed E-state index contributed by atoms with van der Waals surface area (Å²) in [6.07, 6.45) is 3.91. The average molecular weight is 314 g/mol. The fourth-order valence-electron chi connectivity index (χ4n) is 2.89. The number of benzene rings is 1. The summed E-state index contributed by atoms with van der Waals surface area (Å²) in [6.45, 7) is 3.90. The molecule has 1 aromatic carbocycles. The number of aromatic amines is 1. The lowest BCUT2D eigenvalue weighted by atomic mass is 9.99. The molecule has 2 aromatic rings. The number of nitrogens with zero attached hydrogens (tertiary/aromatic N) is 1. The maximum atomic E-state index is 12.3. The molecule has 5 heteroatoms. The Morgan fingerprint density at radius 2 is 2.17 bits per heavy atom. The number of hydrogen-bond acceptors (Lipinski definition) is 4. The Kier molecular flexibility index (Phi) is 4.50. The first kappa shape index (κ1) is 15.8. The standard InChI is InChI=1S/C18H22N2O3/c1-18(22,15-7-9-19-11-15)17(21)23-16-8-10-20(13-16)12-14-5-3-2-4-6-14/h2-7,9,11,16,19,22H,8,10,12-13H2,1H3. The van der Waals surface area contributed by atoms with E-state index in [1.54, 1.807) is 18.5 Å². The van der Waals surface area contributed by atoms with Crippen LogP contribution in [-0.4, -0.2) is 40.2 Å². The van der Waals surface area contributed by atoms with E-state index in [1.807, 2.05) is 18.2 Å². The van der Waals surface area contributed by atoms with E-state index >= 15 is 0 Å². The van der Waals surface area contributed by atoms with Crippen molar-refractivity contribution in [2.45, 2.75) is 31.6 Å². The molecule has 1 aliphatic rings. The number of carbonyl (C=O) groups excluding carboxylic acids is 1. The first-order chi connectivity index (χ1) is 11.1. The zero-order valence-corrected chi connectivity index (χ0v) is 13.2. The van der Waals surface area contributed by atoms with Gasteiger partial charge in [-0.15, -0.1) is 0 Å². The third kappa shape index (κ3) is 3.63. The number of rotatable bonds is 5. The predicted molar refractivity (Wildman–Crippen MR) is 86.6 cm³/mol. The van der Waals surface area contributed by atoms with Crippen LogP contribution in [0, 0.1) is 0 Å². The minimum absolute atomic E-state index is 0.170. The lowest BCUT2D eigenvalue weighted by Crippen LogP contribution is -2.37. The highest BCUT2D eigenvalue weighted by Gasteiger charge is 2.37. The van der Waals surface area contributed by atoms with Crippen LogP contribution in [0.2, 0.25) is 0 Å². The molecule has 0 amide bonds. The lowest BCUT2D eigenvalue weighted by molar-refractivity contribution is -0.169. The normalized spacial score (nSPS) is 21.0. The fraction of sp³-hybridized carbons (Fsp3) is 0.389. The van der Waals surface area contributed by atoms with Crippen molar-refractivity contribution in [2.24, 2.45) is 0 Å². The molecule has 1 aliphatic heterocycles. The number of aromatic nitrogens is 1. The van der Waals surface area contributed by atoms with E-state index in [0.29, 0.717) is 12.1 Å². The summed E-state index contributed by atoms with van der Waals surface area (Å²) >= 11 is 0. The number of hydrogen-bond donors (Lipinski definition) is 2. The molecule has 2 N–H and O–H groups in total. The van der Waals surface area contributed by atoms with Crippen molar-refractivity contribution in [1.29, 1.82) is 0 Å². The van der Waals surface area contributed by atoms with Gasteiger partial charge in [0.05, 0.1) is 0 Å². The van der Waals surface area contributed by atoms with Gasteiger partial charge in [-0.2, -0.15) is 0 Å². The van der Waals surface area contributed by atoms with Gasteiger partial charge in [-0.3, -0.25) is 4.90 Å². The van der Waals surface area contributed by atoms with E-state index < -0.39 is 11.6 Å². The topological polar surface area (TPSA) is 65.6 Å². The molecule has 1 fully saturated rings. The summed E-state index contributed by atoms with van der Waals surface area (Å²) in [5.41, 5.74) is 0.146. The molecule has 5 nitrogen and oxygen atoms in total. The van der Waals surface area contributed by atoms with Crippen LogP contribution in [-0.2, 0) is 21.7 Å². The summed E-state index contributed by atoms with van der Waals surface area (Å²) in [5, 5.41) is 10.4. The second-order valence-corrected chi connectivity index (χ2v) is 6.21. The summed E-state index contributed by atoms with van der Waals surface area (Å²) in [4.78, 5) is 17.4. The van der Waals surface area contributed by atoms with Crippen molar-refractivity contribution >= 4 is 5.97 Å². The molecule has 122 valence electrons. The third-order valence-corrected chi connectivity index (χ3v) is 4.31. The van der Waals surface area contributed by atoms with Crippen molar-refractivity contribution in [1.82, 2.24) is 9.88 Å². The zero-order chi connectivity index (χ0) is 16.3. The van der Waals surface area contributed by atoms with Crippen LogP contribution < -0.4 is 0 Å². The minimum atomic E-state index is -1.62. The molecule has 0 aliphatic carbocycles. The third-order valence-electron chi connectivity index (χ3n) is 4.31. The zero-order valence-electron chi connectivity index (χ0n) is 13.2. The minimum Gasteiger partial charge on any atom is -0.459 e. The molecule has 1 saturated heterocycles. The second kappa shape index (κ2) is 6.56. The van der Waals surface area contributed by atoms with Crippen LogP contribution in [0.25, 0.3) is 0 Å². The van der Waals surface area contributed by atoms with Crippen molar-refractivity contribution in [2.75, 3.05) is 13.1 Å². The van der Waals surface area contributed by atoms with E-state index in [9.17, 15) is 9.90 Å². The van der Waals surface area contributed by atoms with E-state index in [4.69, 9.17) is 4.74 Å². The van der Waals surface area contributed by atoms with Gasteiger partial charge in [-0.05, 0) is 25.0 Å². The fourth-order valence-corrected chi connectivity index (χ4v) is 2.89. The van der Waals surface area contributed by atoms with Gasteiger partial charge in [0.1, 0.15) is 6.10 Å². The smallest absolute Gasteiger partial charge is 0.342 e. The Hall–Kier alpha value is -2.11. The predicted octanol–water partition coefficient (Wildman–Crippen LogP) is 2.04. The van der Waals surface area contributed by atoms with Crippen LogP contribution in [0.4, 0.5) is 0 Å². The number of esters is 1.